The van der Waals surface area contributed by atoms with E-state index in [9.17, 15) is 9.59 Å². The Morgan fingerprint density at radius 3 is 2.67 bits per heavy atom. The van der Waals surface area contributed by atoms with Gasteiger partial charge in [0.1, 0.15) is 5.03 Å². The number of aryl methyl sites for hydroxylation is 1. The van der Waals surface area contributed by atoms with E-state index in [0.717, 1.165) is 21.9 Å². The van der Waals surface area contributed by atoms with Gasteiger partial charge in [-0.15, -0.1) is 4.41 Å². The average molecular weight is 271 g/mol. The number of nitrogens with zero attached hydrogens (tertiary/aromatic N) is 2. The molecule has 0 aliphatic carbocycles. The quantitative estimate of drug-likeness (QED) is 0.651. The Morgan fingerprint density at radius 2 is 2.11 bits per heavy atom. The van der Waals surface area contributed by atoms with Crippen LogP contribution in [-0.4, -0.2) is 35.8 Å². The summed E-state index contributed by atoms with van der Waals surface area (Å²) in [5.41, 5.74) is 3.08. The number of ether oxygens (including phenoxy) is 2. The monoisotopic (exact) mass is 271 g/mol. The molecule has 7 nitrogen and oxygen atoms in total. The average Bonchev–Trinajstić information content (AvgIpc) is 2.39. The van der Waals surface area contributed by atoms with E-state index in [1.54, 1.807) is 12.3 Å². The third-order valence-corrected chi connectivity index (χ3v) is 2.88. The fourth-order valence-corrected chi connectivity index (χ4v) is 1.73. The highest BCUT2D eigenvalue weighted by molar-refractivity contribution is 7.97. The summed E-state index contributed by atoms with van der Waals surface area (Å²) >= 11 is 0.927. The van der Waals surface area contributed by atoms with Crippen molar-refractivity contribution in [2.75, 3.05) is 14.2 Å². The summed E-state index contributed by atoms with van der Waals surface area (Å²) in [6.45, 7) is 1.84. The summed E-state index contributed by atoms with van der Waals surface area (Å²) in [7, 11) is 2.40. The van der Waals surface area contributed by atoms with Gasteiger partial charge in [0.05, 0.1) is 14.2 Å². The summed E-state index contributed by atoms with van der Waals surface area (Å²) in [5, 5.41) is 0.569. The van der Waals surface area contributed by atoms with Crippen LogP contribution in [0.1, 0.15) is 5.56 Å². The third-order valence-electron chi connectivity index (χ3n) is 1.86. The molecule has 1 aromatic heterocycles. The van der Waals surface area contributed by atoms with Crippen LogP contribution in [0, 0.1) is 6.92 Å². The van der Waals surface area contributed by atoms with Crippen LogP contribution in [0.2, 0.25) is 0 Å². The fraction of sp³-hybridized carbons (Fsp3) is 0.300. The van der Waals surface area contributed by atoms with Gasteiger partial charge >= 0.3 is 12.2 Å². The number of aromatic nitrogens is 1. The Balaban J connectivity index is 2.82. The smallest absolute Gasteiger partial charge is 0.439 e. The van der Waals surface area contributed by atoms with Crippen LogP contribution < -0.4 is 5.43 Å². The SMILES string of the molecule is COC(=O)NN(Sc1ncccc1C)C(=O)OC. The lowest BCUT2D eigenvalue weighted by Gasteiger charge is -2.19. The minimum Gasteiger partial charge on any atom is -0.452 e. The number of rotatable bonds is 2. The number of methoxy groups -OCH3 is 2. The van der Waals surface area contributed by atoms with E-state index in [1.165, 1.54) is 14.2 Å². The summed E-state index contributed by atoms with van der Waals surface area (Å²) < 4.78 is 9.85. The number of hydrazine groups is 1. The highest BCUT2D eigenvalue weighted by Gasteiger charge is 2.20. The van der Waals surface area contributed by atoms with Crippen LogP contribution in [0.4, 0.5) is 9.59 Å². The van der Waals surface area contributed by atoms with Crippen LogP contribution >= 0.6 is 11.9 Å². The lowest BCUT2D eigenvalue weighted by molar-refractivity contribution is 0.124. The van der Waals surface area contributed by atoms with Crippen molar-refractivity contribution in [2.45, 2.75) is 11.9 Å². The molecule has 1 heterocycles. The first-order valence-electron chi connectivity index (χ1n) is 4.90. The van der Waals surface area contributed by atoms with E-state index in [1.807, 2.05) is 13.0 Å². The van der Waals surface area contributed by atoms with E-state index in [2.05, 4.69) is 19.9 Å². The predicted molar refractivity (Wildman–Crippen MR) is 64.6 cm³/mol. The molecule has 0 aromatic carbocycles. The molecule has 1 N–H and O–H groups in total. The van der Waals surface area contributed by atoms with E-state index in [0.29, 0.717) is 5.03 Å². The van der Waals surface area contributed by atoms with Crippen LogP contribution in [0.25, 0.3) is 0 Å². The maximum absolute atomic E-state index is 11.5. The first kappa shape index (κ1) is 14.1. The summed E-state index contributed by atoms with van der Waals surface area (Å²) in [5.74, 6) is 0. The molecular weight excluding hydrogens is 258 g/mol. The van der Waals surface area contributed by atoms with Crippen molar-refractivity contribution in [3.8, 4) is 0 Å². The second kappa shape index (κ2) is 6.70. The van der Waals surface area contributed by atoms with Crippen molar-refractivity contribution in [2.24, 2.45) is 0 Å². The molecule has 8 heteroatoms. The van der Waals surface area contributed by atoms with Gasteiger partial charge in [-0.3, -0.25) is 0 Å². The van der Waals surface area contributed by atoms with Crippen LogP contribution in [0.3, 0.4) is 0 Å². The molecule has 98 valence electrons. The Bertz CT molecular complexity index is 441. The standard InChI is InChI=1S/C10H13N3O4S/c1-7-5-4-6-11-8(7)18-13(10(15)17-3)12-9(14)16-2/h4-6H,1-3H3,(H,12,14). The van der Waals surface area contributed by atoms with Crippen molar-refractivity contribution >= 4 is 24.1 Å². The summed E-state index contributed by atoms with van der Waals surface area (Å²) in [6.07, 6.45) is 0.0695. The number of carbonyl (C=O) groups excluding carboxylic acids is 2. The molecule has 0 saturated carbocycles. The maximum Gasteiger partial charge on any atom is 0.439 e. The lowest BCUT2D eigenvalue weighted by atomic mass is 10.3. The summed E-state index contributed by atoms with van der Waals surface area (Å²) in [4.78, 5) is 26.7. The van der Waals surface area contributed by atoms with E-state index < -0.39 is 12.2 Å². The Hall–Kier alpha value is -1.96. The highest BCUT2D eigenvalue weighted by Crippen LogP contribution is 2.22. The van der Waals surface area contributed by atoms with Crippen LogP contribution in [0.5, 0.6) is 0 Å². The molecule has 1 aromatic rings. The Kier molecular flexibility index (Phi) is 5.25. The normalized spacial score (nSPS) is 9.50. The van der Waals surface area contributed by atoms with Crippen molar-refractivity contribution in [1.29, 1.82) is 0 Å². The van der Waals surface area contributed by atoms with Gasteiger partial charge in [-0.2, -0.15) is 0 Å². The number of carbonyl (C=O) groups is 2. The first-order chi connectivity index (χ1) is 8.58. The second-order valence-corrected chi connectivity index (χ2v) is 4.02. The molecule has 0 aliphatic heterocycles. The topological polar surface area (TPSA) is 80.8 Å². The zero-order valence-corrected chi connectivity index (χ0v) is 11.0. The van der Waals surface area contributed by atoms with Gasteiger partial charge in [-0.1, -0.05) is 6.07 Å². The largest absolute Gasteiger partial charge is 0.452 e. The number of amides is 2. The number of hydrogen-bond acceptors (Lipinski definition) is 6. The van der Waals surface area contributed by atoms with Gasteiger partial charge in [0.2, 0.25) is 0 Å². The molecular formula is C10H13N3O4S. The minimum absolute atomic E-state index is 0.569. The van der Waals surface area contributed by atoms with Crippen molar-refractivity contribution < 1.29 is 19.1 Å². The number of nitrogens with one attached hydrogen (secondary N) is 1. The van der Waals surface area contributed by atoms with Crippen LogP contribution in [-0.2, 0) is 9.47 Å². The molecule has 2 amide bonds. The highest BCUT2D eigenvalue weighted by atomic mass is 32.2. The Morgan fingerprint density at radius 1 is 1.39 bits per heavy atom. The molecule has 0 radical (unpaired) electrons. The van der Waals surface area contributed by atoms with E-state index in [4.69, 9.17) is 0 Å². The molecule has 0 fully saturated rings. The molecule has 0 spiro atoms. The van der Waals surface area contributed by atoms with Crippen LogP contribution in [0.15, 0.2) is 23.4 Å². The molecule has 0 unspecified atom stereocenters. The van der Waals surface area contributed by atoms with Gasteiger partial charge in [0, 0.05) is 18.1 Å². The number of hydrogen-bond donors (Lipinski definition) is 1. The molecule has 0 atom stereocenters. The lowest BCUT2D eigenvalue weighted by Crippen LogP contribution is -2.41. The van der Waals surface area contributed by atoms with Gasteiger partial charge in [-0.25, -0.2) is 20.0 Å². The summed E-state index contributed by atoms with van der Waals surface area (Å²) in [6, 6.07) is 3.61. The zero-order valence-electron chi connectivity index (χ0n) is 10.2. The first-order valence-corrected chi connectivity index (χ1v) is 5.68. The fourth-order valence-electron chi connectivity index (χ4n) is 0.970. The molecule has 0 saturated heterocycles. The van der Waals surface area contributed by atoms with E-state index >= 15 is 0 Å². The van der Waals surface area contributed by atoms with Crippen molar-refractivity contribution in [1.82, 2.24) is 14.8 Å². The molecule has 0 aliphatic rings. The maximum atomic E-state index is 11.5. The molecule has 0 bridgehead atoms. The molecule has 18 heavy (non-hydrogen) atoms. The van der Waals surface area contributed by atoms with Gasteiger partial charge in [0.25, 0.3) is 0 Å². The van der Waals surface area contributed by atoms with Gasteiger partial charge in [0.15, 0.2) is 0 Å². The Labute approximate surface area is 109 Å². The minimum atomic E-state index is -0.776. The number of pyridine rings is 1. The predicted octanol–water partition coefficient (Wildman–Crippen LogP) is 1.74. The third kappa shape index (κ3) is 3.81. The van der Waals surface area contributed by atoms with E-state index in [-0.39, 0.29) is 0 Å². The zero-order chi connectivity index (χ0) is 13.5. The van der Waals surface area contributed by atoms with Crippen molar-refractivity contribution in [3.05, 3.63) is 23.9 Å². The van der Waals surface area contributed by atoms with Gasteiger partial charge in [-0.05, 0) is 18.6 Å². The van der Waals surface area contributed by atoms with Crippen molar-refractivity contribution in [3.63, 3.8) is 0 Å². The van der Waals surface area contributed by atoms with Gasteiger partial charge < -0.3 is 9.47 Å². The second-order valence-electron chi connectivity index (χ2n) is 3.08. The molecule has 1 rings (SSSR count).